The van der Waals surface area contributed by atoms with Crippen LogP contribution in [0.4, 0.5) is 10.2 Å². The minimum atomic E-state index is -0.867. The van der Waals surface area contributed by atoms with E-state index in [1.807, 2.05) is 0 Å². The van der Waals surface area contributed by atoms with E-state index in [0.717, 1.165) is 0 Å². The first-order valence-electron chi connectivity index (χ1n) is 3.42. The fourth-order valence-electron chi connectivity index (χ4n) is 0.983. The number of nitrogens with zero attached hydrogens (tertiary/aromatic N) is 3. The summed E-state index contributed by atoms with van der Waals surface area (Å²) in [5, 5.41) is 0.273. The van der Waals surface area contributed by atoms with Crippen molar-refractivity contribution in [2.24, 2.45) is 0 Å². The van der Waals surface area contributed by atoms with Gasteiger partial charge < -0.3 is 5.73 Å². The van der Waals surface area contributed by atoms with Gasteiger partial charge in [0.25, 0.3) is 0 Å². The van der Waals surface area contributed by atoms with Gasteiger partial charge in [0.15, 0.2) is 5.82 Å². The van der Waals surface area contributed by atoms with Crippen LogP contribution in [-0.4, -0.2) is 15.0 Å². The number of pyridine rings is 1. The molecule has 0 aliphatic rings. The molecule has 0 aliphatic carbocycles. The predicted molar refractivity (Wildman–Crippen MR) is 46.7 cm³/mol. The van der Waals surface area contributed by atoms with Crippen LogP contribution in [0.25, 0.3) is 11.0 Å². The standard InChI is InChI=1S/C7H4ClFN4/c8-4-2-1-3-5(12-4)6(10)13-7(9)11-3/h1-2H,(H2,10,11,13). The van der Waals surface area contributed by atoms with Crippen molar-refractivity contribution in [3.05, 3.63) is 23.4 Å². The fraction of sp³-hybridized carbons (Fsp3) is 0. The number of anilines is 1. The maximum absolute atomic E-state index is 12.6. The van der Waals surface area contributed by atoms with Crippen LogP contribution < -0.4 is 5.73 Å². The first kappa shape index (κ1) is 8.12. The third-order valence-corrected chi connectivity index (χ3v) is 1.72. The van der Waals surface area contributed by atoms with Crippen molar-refractivity contribution in [3.63, 3.8) is 0 Å². The Balaban J connectivity index is 2.87. The second-order valence-corrected chi connectivity index (χ2v) is 2.77. The summed E-state index contributed by atoms with van der Waals surface area (Å²) in [7, 11) is 0. The maximum Gasteiger partial charge on any atom is 0.311 e. The molecule has 66 valence electrons. The van der Waals surface area contributed by atoms with Crippen LogP contribution >= 0.6 is 11.6 Å². The molecule has 0 spiro atoms. The van der Waals surface area contributed by atoms with Gasteiger partial charge in [-0.1, -0.05) is 11.6 Å². The topological polar surface area (TPSA) is 64.7 Å². The molecule has 0 fully saturated rings. The highest BCUT2D eigenvalue weighted by atomic mass is 35.5. The highest BCUT2D eigenvalue weighted by molar-refractivity contribution is 6.29. The quantitative estimate of drug-likeness (QED) is 0.513. The van der Waals surface area contributed by atoms with E-state index in [9.17, 15) is 4.39 Å². The molecular formula is C7H4ClFN4. The Morgan fingerprint density at radius 1 is 1.23 bits per heavy atom. The number of nitrogen functional groups attached to an aromatic ring is 1. The van der Waals surface area contributed by atoms with E-state index in [1.165, 1.54) is 12.1 Å². The lowest BCUT2D eigenvalue weighted by atomic mass is 10.3. The minimum Gasteiger partial charge on any atom is -0.382 e. The van der Waals surface area contributed by atoms with Gasteiger partial charge in [0.1, 0.15) is 10.7 Å². The maximum atomic E-state index is 12.6. The van der Waals surface area contributed by atoms with E-state index >= 15 is 0 Å². The van der Waals surface area contributed by atoms with Gasteiger partial charge in [-0.05, 0) is 12.1 Å². The van der Waals surface area contributed by atoms with Gasteiger partial charge in [0.05, 0.1) is 5.52 Å². The summed E-state index contributed by atoms with van der Waals surface area (Å²) >= 11 is 5.61. The predicted octanol–water partition coefficient (Wildman–Crippen LogP) is 1.40. The van der Waals surface area contributed by atoms with Crippen molar-refractivity contribution in [2.45, 2.75) is 0 Å². The Morgan fingerprint density at radius 3 is 2.77 bits per heavy atom. The fourth-order valence-corrected chi connectivity index (χ4v) is 1.13. The number of nitrogens with two attached hydrogens (primary N) is 1. The van der Waals surface area contributed by atoms with Crippen molar-refractivity contribution >= 4 is 28.5 Å². The lowest BCUT2D eigenvalue weighted by Gasteiger charge is -1.99. The number of hydrogen-bond donors (Lipinski definition) is 1. The van der Waals surface area contributed by atoms with E-state index in [-0.39, 0.29) is 11.0 Å². The summed E-state index contributed by atoms with van der Waals surface area (Å²) in [5.74, 6) is -0.00926. The van der Waals surface area contributed by atoms with Crippen molar-refractivity contribution in [1.82, 2.24) is 15.0 Å². The normalized spacial score (nSPS) is 10.6. The monoisotopic (exact) mass is 198 g/mol. The van der Waals surface area contributed by atoms with Crippen LogP contribution in [0.15, 0.2) is 12.1 Å². The van der Waals surface area contributed by atoms with E-state index in [1.54, 1.807) is 0 Å². The van der Waals surface area contributed by atoms with Crippen LogP contribution in [0.3, 0.4) is 0 Å². The molecule has 6 heteroatoms. The van der Waals surface area contributed by atoms with Crippen molar-refractivity contribution in [2.75, 3.05) is 5.73 Å². The Kier molecular flexibility index (Phi) is 1.73. The summed E-state index contributed by atoms with van der Waals surface area (Å²) in [6, 6.07) is 3.04. The van der Waals surface area contributed by atoms with Gasteiger partial charge in [-0.15, -0.1) is 0 Å². The third-order valence-electron chi connectivity index (χ3n) is 1.51. The summed E-state index contributed by atoms with van der Waals surface area (Å²) < 4.78 is 12.6. The number of rotatable bonds is 0. The summed E-state index contributed by atoms with van der Waals surface area (Å²) in [6.45, 7) is 0. The second kappa shape index (κ2) is 2.77. The van der Waals surface area contributed by atoms with Crippen molar-refractivity contribution in [3.8, 4) is 0 Å². The van der Waals surface area contributed by atoms with E-state index in [2.05, 4.69) is 15.0 Å². The van der Waals surface area contributed by atoms with Gasteiger partial charge in [-0.3, -0.25) is 0 Å². The Morgan fingerprint density at radius 2 is 2.00 bits per heavy atom. The number of fused-ring (bicyclic) bond motifs is 1. The summed E-state index contributed by atoms with van der Waals surface area (Å²) in [4.78, 5) is 10.7. The summed E-state index contributed by atoms with van der Waals surface area (Å²) in [6.07, 6.45) is -0.867. The average molecular weight is 199 g/mol. The molecule has 2 N–H and O–H groups in total. The van der Waals surface area contributed by atoms with E-state index < -0.39 is 6.08 Å². The highest BCUT2D eigenvalue weighted by Gasteiger charge is 2.05. The van der Waals surface area contributed by atoms with E-state index in [4.69, 9.17) is 17.3 Å². The Hall–Kier alpha value is -1.49. The van der Waals surface area contributed by atoms with Gasteiger partial charge in [-0.25, -0.2) is 9.97 Å². The molecular weight excluding hydrogens is 195 g/mol. The second-order valence-electron chi connectivity index (χ2n) is 2.38. The van der Waals surface area contributed by atoms with Crippen LogP contribution in [0.5, 0.6) is 0 Å². The van der Waals surface area contributed by atoms with Crippen molar-refractivity contribution < 1.29 is 4.39 Å². The molecule has 0 unspecified atom stereocenters. The SMILES string of the molecule is Nc1nc(F)nc2ccc(Cl)nc12. The van der Waals surface area contributed by atoms with Gasteiger partial charge >= 0.3 is 6.08 Å². The zero-order chi connectivity index (χ0) is 9.42. The molecule has 0 amide bonds. The molecule has 13 heavy (non-hydrogen) atoms. The molecule has 2 aromatic heterocycles. The lowest BCUT2D eigenvalue weighted by Crippen LogP contribution is -1.99. The van der Waals surface area contributed by atoms with Crippen LogP contribution in [-0.2, 0) is 0 Å². The molecule has 0 aliphatic heterocycles. The molecule has 4 nitrogen and oxygen atoms in total. The van der Waals surface area contributed by atoms with Gasteiger partial charge in [-0.2, -0.15) is 9.37 Å². The number of aromatic nitrogens is 3. The zero-order valence-corrected chi connectivity index (χ0v) is 7.09. The van der Waals surface area contributed by atoms with E-state index in [0.29, 0.717) is 11.0 Å². The van der Waals surface area contributed by atoms with Crippen LogP contribution in [0.2, 0.25) is 5.15 Å². The van der Waals surface area contributed by atoms with Crippen LogP contribution in [0, 0.1) is 6.08 Å². The smallest absolute Gasteiger partial charge is 0.311 e. The zero-order valence-electron chi connectivity index (χ0n) is 6.33. The van der Waals surface area contributed by atoms with Gasteiger partial charge in [0, 0.05) is 0 Å². The molecule has 0 saturated carbocycles. The first-order chi connectivity index (χ1) is 6.16. The first-order valence-corrected chi connectivity index (χ1v) is 3.80. The molecule has 0 saturated heterocycles. The van der Waals surface area contributed by atoms with Gasteiger partial charge in [0.2, 0.25) is 0 Å². The Labute approximate surface area is 77.6 Å². The average Bonchev–Trinajstić information content (AvgIpc) is 2.06. The molecule has 0 bridgehead atoms. The molecule has 0 aromatic carbocycles. The molecule has 2 aromatic rings. The number of halogens is 2. The molecule has 0 atom stereocenters. The summed E-state index contributed by atoms with van der Waals surface area (Å²) in [5.41, 5.74) is 6.07. The number of hydrogen-bond acceptors (Lipinski definition) is 4. The highest BCUT2D eigenvalue weighted by Crippen LogP contribution is 2.17. The van der Waals surface area contributed by atoms with Crippen molar-refractivity contribution in [1.29, 1.82) is 0 Å². The van der Waals surface area contributed by atoms with Crippen LogP contribution in [0.1, 0.15) is 0 Å². The molecule has 0 radical (unpaired) electrons. The minimum absolute atomic E-state index is 0.00926. The third kappa shape index (κ3) is 1.38. The Bertz CT molecular complexity index is 473. The lowest BCUT2D eigenvalue weighted by molar-refractivity contribution is 0.546. The molecule has 2 rings (SSSR count). The molecule has 2 heterocycles. The largest absolute Gasteiger partial charge is 0.382 e.